The Morgan fingerprint density at radius 3 is 2.33 bits per heavy atom. The summed E-state index contributed by atoms with van der Waals surface area (Å²) in [5.41, 5.74) is 2.83. The van der Waals surface area contributed by atoms with Crippen molar-refractivity contribution in [1.82, 2.24) is 19.7 Å². The fourth-order valence-electron chi connectivity index (χ4n) is 4.97. The summed E-state index contributed by atoms with van der Waals surface area (Å²) in [6.07, 6.45) is 1.46. The average Bonchev–Trinajstić information content (AvgIpc) is 3.23. The zero-order chi connectivity index (χ0) is 22.8. The number of likely N-dealkylation sites (tertiary alicyclic amines) is 1. The Kier molecular flexibility index (Phi) is 6.38. The van der Waals surface area contributed by atoms with E-state index < -0.39 is 0 Å². The van der Waals surface area contributed by atoms with Crippen LogP contribution in [0.4, 0.5) is 0 Å². The first kappa shape index (κ1) is 22.0. The quantitative estimate of drug-likeness (QED) is 0.641. The molecule has 0 radical (unpaired) electrons. The molecule has 33 heavy (non-hydrogen) atoms. The van der Waals surface area contributed by atoms with Crippen molar-refractivity contribution in [3.63, 3.8) is 0 Å². The highest BCUT2D eigenvalue weighted by Crippen LogP contribution is 2.26. The lowest BCUT2D eigenvalue weighted by molar-refractivity contribution is -0.137. The van der Waals surface area contributed by atoms with Gasteiger partial charge in [-0.3, -0.25) is 9.59 Å². The zero-order valence-electron chi connectivity index (χ0n) is 18.7. The minimum Gasteiger partial charge on any atom is -0.340 e. The van der Waals surface area contributed by atoms with Crippen molar-refractivity contribution in [1.29, 1.82) is 0 Å². The molecule has 0 atom stereocenters. The van der Waals surface area contributed by atoms with Crippen LogP contribution in [-0.2, 0) is 11.3 Å². The maximum Gasteiger partial charge on any atom is 0.270 e. The number of carbonyl (C=O) groups is 2. The molecule has 0 aliphatic carbocycles. The standard InChI is InChI=1S/C26H29ClN4O2/c27-22-7-5-19(6-8-22)18-31-23-4-2-1-3-21(23)17-24(31)26(33)29-13-9-20(10-14-29)25(32)30-15-11-28-12-16-30/h1-8,17,20,28H,9-16,18H2. The van der Waals surface area contributed by atoms with E-state index in [2.05, 4.69) is 16.0 Å². The fourth-order valence-corrected chi connectivity index (χ4v) is 5.09. The van der Waals surface area contributed by atoms with Gasteiger partial charge in [0.15, 0.2) is 0 Å². The van der Waals surface area contributed by atoms with Crippen molar-refractivity contribution in [3.05, 3.63) is 70.9 Å². The number of hydrogen-bond acceptors (Lipinski definition) is 3. The van der Waals surface area contributed by atoms with Crippen molar-refractivity contribution in [2.75, 3.05) is 39.3 Å². The molecule has 2 amide bonds. The number of rotatable bonds is 4. The SMILES string of the molecule is O=C(c1cc2ccccc2n1Cc1ccc(Cl)cc1)N1CCC(C(=O)N2CCNCC2)CC1. The second-order valence-corrected chi connectivity index (χ2v) is 9.38. The summed E-state index contributed by atoms with van der Waals surface area (Å²) in [6.45, 7) is 5.12. The predicted molar refractivity (Wildman–Crippen MR) is 131 cm³/mol. The molecule has 2 fully saturated rings. The van der Waals surface area contributed by atoms with Crippen molar-refractivity contribution in [2.24, 2.45) is 5.92 Å². The molecular weight excluding hydrogens is 436 g/mol. The van der Waals surface area contributed by atoms with E-state index in [1.54, 1.807) is 0 Å². The number of piperidine rings is 1. The number of amides is 2. The maximum atomic E-state index is 13.6. The summed E-state index contributed by atoms with van der Waals surface area (Å²) in [7, 11) is 0. The van der Waals surface area contributed by atoms with Gasteiger partial charge in [-0.15, -0.1) is 0 Å². The first-order valence-corrected chi connectivity index (χ1v) is 12.1. The van der Waals surface area contributed by atoms with Crippen LogP contribution in [0.1, 0.15) is 28.9 Å². The highest BCUT2D eigenvalue weighted by Gasteiger charge is 2.32. The molecule has 6 nitrogen and oxygen atoms in total. The molecule has 3 aromatic rings. The van der Waals surface area contributed by atoms with Gasteiger partial charge in [0.25, 0.3) is 5.91 Å². The largest absolute Gasteiger partial charge is 0.340 e. The molecule has 1 N–H and O–H groups in total. The number of carbonyl (C=O) groups excluding carboxylic acids is 2. The smallest absolute Gasteiger partial charge is 0.270 e. The fraction of sp³-hybridized carbons (Fsp3) is 0.385. The van der Waals surface area contributed by atoms with E-state index in [9.17, 15) is 9.59 Å². The second kappa shape index (κ2) is 9.57. The number of aromatic nitrogens is 1. The molecule has 2 aliphatic rings. The summed E-state index contributed by atoms with van der Waals surface area (Å²) < 4.78 is 2.10. The summed E-state index contributed by atoms with van der Waals surface area (Å²) >= 11 is 6.06. The molecule has 1 aromatic heterocycles. The molecule has 0 spiro atoms. The van der Waals surface area contributed by atoms with Crippen LogP contribution < -0.4 is 5.32 Å². The number of hydrogen-bond donors (Lipinski definition) is 1. The molecular formula is C26H29ClN4O2. The maximum absolute atomic E-state index is 13.6. The third-order valence-electron chi connectivity index (χ3n) is 6.84. The topological polar surface area (TPSA) is 57.6 Å². The van der Waals surface area contributed by atoms with Gasteiger partial charge in [0, 0.05) is 67.7 Å². The number of halogens is 1. The Balaban J connectivity index is 1.33. The van der Waals surface area contributed by atoms with Crippen LogP contribution in [0.25, 0.3) is 10.9 Å². The van der Waals surface area contributed by atoms with Gasteiger partial charge in [0.05, 0.1) is 0 Å². The number of para-hydroxylation sites is 1. The van der Waals surface area contributed by atoms with Crippen LogP contribution in [-0.4, -0.2) is 65.4 Å². The number of benzene rings is 2. The average molecular weight is 465 g/mol. The van der Waals surface area contributed by atoms with Crippen LogP contribution in [0.3, 0.4) is 0 Å². The molecule has 2 aliphatic heterocycles. The second-order valence-electron chi connectivity index (χ2n) is 8.94. The number of fused-ring (bicyclic) bond motifs is 1. The van der Waals surface area contributed by atoms with Gasteiger partial charge in [-0.2, -0.15) is 0 Å². The molecule has 7 heteroatoms. The normalized spacial score (nSPS) is 17.5. The van der Waals surface area contributed by atoms with E-state index in [1.165, 1.54) is 0 Å². The minimum atomic E-state index is 0.0204. The van der Waals surface area contributed by atoms with Gasteiger partial charge in [-0.25, -0.2) is 0 Å². The van der Waals surface area contributed by atoms with E-state index in [1.807, 2.05) is 58.3 Å². The van der Waals surface area contributed by atoms with Gasteiger partial charge in [0.1, 0.15) is 5.69 Å². The minimum absolute atomic E-state index is 0.0204. The van der Waals surface area contributed by atoms with Crippen molar-refractivity contribution >= 4 is 34.3 Å². The van der Waals surface area contributed by atoms with Crippen molar-refractivity contribution < 1.29 is 9.59 Å². The van der Waals surface area contributed by atoms with E-state index in [-0.39, 0.29) is 17.7 Å². The number of nitrogens with zero attached hydrogens (tertiary/aromatic N) is 3. The van der Waals surface area contributed by atoms with E-state index >= 15 is 0 Å². The molecule has 5 rings (SSSR count). The van der Waals surface area contributed by atoms with Gasteiger partial charge in [-0.05, 0) is 42.7 Å². The third-order valence-corrected chi connectivity index (χ3v) is 7.10. The summed E-state index contributed by atoms with van der Waals surface area (Å²) in [6, 6.07) is 17.8. The van der Waals surface area contributed by atoms with Crippen LogP contribution in [0, 0.1) is 5.92 Å². The van der Waals surface area contributed by atoms with E-state index in [0.717, 1.165) is 55.5 Å². The Morgan fingerprint density at radius 2 is 1.61 bits per heavy atom. The van der Waals surface area contributed by atoms with Crippen LogP contribution >= 0.6 is 11.6 Å². The lowest BCUT2D eigenvalue weighted by atomic mass is 9.94. The van der Waals surface area contributed by atoms with Gasteiger partial charge in [-0.1, -0.05) is 41.9 Å². The van der Waals surface area contributed by atoms with Crippen molar-refractivity contribution in [2.45, 2.75) is 19.4 Å². The first-order valence-electron chi connectivity index (χ1n) is 11.7. The predicted octanol–water partition coefficient (Wildman–Crippen LogP) is 3.63. The molecule has 0 unspecified atom stereocenters. The third kappa shape index (κ3) is 4.63. The Labute approximate surface area is 199 Å². The molecule has 0 saturated carbocycles. The Morgan fingerprint density at radius 1 is 0.909 bits per heavy atom. The summed E-state index contributed by atoms with van der Waals surface area (Å²) in [5.74, 6) is 0.306. The van der Waals surface area contributed by atoms with Gasteiger partial charge in [0.2, 0.25) is 5.91 Å². The van der Waals surface area contributed by atoms with Crippen LogP contribution in [0.15, 0.2) is 54.6 Å². The summed E-state index contributed by atoms with van der Waals surface area (Å²) in [4.78, 5) is 30.4. The lowest BCUT2D eigenvalue weighted by Gasteiger charge is -2.35. The highest BCUT2D eigenvalue weighted by atomic mass is 35.5. The molecule has 3 heterocycles. The van der Waals surface area contributed by atoms with Crippen LogP contribution in [0.2, 0.25) is 5.02 Å². The molecule has 0 bridgehead atoms. The number of nitrogens with one attached hydrogen (secondary N) is 1. The molecule has 2 saturated heterocycles. The van der Waals surface area contributed by atoms with Gasteiger partial charge >= 0.3 is 0 Å². The van der Waals surface area contributed by atoms with E-state index in [4.69, 9.17) is 11.6 Å². The van der Waals surface area contributed by atoms with E-state index in [0.29, 0.717) is 30.4 Å². The summed E-state index contributed by atoms with van der Waals surface area (Å²) in [5, 5.41) is 5.05. The zero-order valence-corrected chi connectivity index (χ0v) is 19.4. The molecule has 172 valence electrons. The van der Waals surface area contributed by atoms with Crippen molar-refractivity contribution in [3.8, 4) is 0 Å². The monoisotopic (exact) mass is 464 g/mol. The Hall–Kier alpha value is -2.83. The Bertz CT molecular complexity index is 1140. The highest BCUT2D eigenvalue weighted by molar-refractivity contribution is 6.30. The molecule has 2 aromatic carbocycles. The van der Waals surface area contributed by atoms with Crippen LogP contribution in [0.5, 0.6) is 0 Å². The number of piperazine rings is 1. The van der Waals surface area contributed by atoms with Gasteiger partial charge < -0.3 is 19.7 Å². The lowest BCUT2D eigenvalue weighted by Crippen LogP contribution is -2.50. The first-order chi connectivity index (χ1) is 16.1.